The van der Waals surface area contributed by atoms with Crippen LogP contribution in [0.4, 0.5) is 11.4 Å². The van der Waals surface area contributed by atoms with Crippen molar-refractivity contribution in [3.05, 3.63) is 83.9 Å². The summed E-state index contributed by atoms with van der Waals surface area (Å²) in [5, 5.41) is 0. The van der Waals surface area contributed by atoms with E-state index in [2.05, 4.69) is 29.2 Å². The number of amides is 1. The van der Waals surface area contributed by atoms with Gasteiger partial charge in [-0.3, -0.25) is 4.79 Å². The van der Waals surface area contributed by atoms with Crippen molar-refractivity contribution in [1.82, 2.24) is 0 Å². The summed E-state index contributed by atoms with van der Waals surface area (Å²) in [5.74, 6) is 1.44. The molecular formula is C25H28N2O3. The van der Waals surface area contributed by atoms with E-state index in [1.54, 1.807) is 36.3 Å². The fourth-order valence-corrected chi connectivity index (χ4v) is 3.14. The Balaban J connectivity index is 1.91. The maximum atomic E-state index is 13.4. The molecule has 5 heteroatoms. The third kappa shape index (κ3) is 5.11. The first-order valence-electron chi connectivity index (χ1n) is 9.97. The van der Waals surface area contributed by atoms with Gasteiger partial charge in [0.15, 0.2) is 0 Å². The van der Waals surface area contributed by atoms with Crippen LogP contribution in [0.15, 0.2) is 72.8 Å². The lowest BCUT2D eigenvalue weighted by atomic mass is 10.1. The van der Waals surface area contributed by atoms with Crippen molar-refractivity contribution < 1.29 is 14.3 Å². The van der Waals surface area contributed by atoms with Crippen LogP contribution in [0.3, 0.4) is 0 Å². The SMILES string of the molecule is CCOc1ccc(N(Cc2ccc(N(C)C)cc2)C(=O)c2ccc(OC)cc2)cc1. The van der Waals surface area contributed by atoms with Crippen LogP contribution >= 0.6 is 0 Å². The lowest BCUT2D eigenvalue weighted by Gasteiger charge is -2.24. The molecule has 0 bridgehead atoms. The van der Waals surface area contributed by atoms with Gasteiger partial charge in [0.25, 0.3) is 5.91 Å². The highest BCUT2D eigenvalue weighted by Gasteiger charge is 2.19. The molecule has 3 rings (SSSR count). The third-order valence-corrected chi connectivity index (χ3v) is 4.83. The van der Waals surface area contributed by atoms with Crippen molar-refractivity contribution in [2.75, 3.05) is 37.6 Å². The average molecular weight is 405 g/mol. The van der Waals surface area contributed by atoms with Crippen LogP contribution in [0.5, 0.6) is 11.5 Å². The Labute approximate surface area is 178 Å². The standard InChI is InChI=1S/C25H28N2O3/c1-5-30-24-16-12-22(13-17-24)27(18-19-6-10-21(11-7-19)26(2)3)25(28)20-8-14-23(29-4)15-9-20/h6-17H,5,18H2,1-4H3. The first-order chi connectivity index (χ1) is 14.5. The van der Waals surface area contributed by atoms with Crippen molar-refractivity contribution >= 4 is 17.3 Å². The Kier molecular flexibility index (Phi) is 6.96. The van der Waals surface area contributed by atoms with Gasteiger partial charge in [0.1, 0.15) is 11.5 Å². The summed E-state index contributed by atoms with van der Waals surface area (Å²) in [5.41, 5.74) is 3.59. The number of rotatable bonds is 8. The van der Waals surface area contributed by atoms with Crippen LogP contribution in [0.1, 0.15) is 22.8 Å². The highest BCUT2D eigenvalue weighted by atomic mass is 16.5. The number of methoxy groups -OCH3 is 1. The molecule has 0 aromatic heterocycles. The molecule has 0 fully saturated rings. The number of nitrogens with zero attached hydrogens (tertiary/aromatic N) is 2. The summed E-state index contributed by atoms with van der Waals surface area (Å²) in [7, 11) is 5.63. The maximum Gasteiger partial charge on any atom is 0.258 e. The first-order valence-corrected chi connectivity index (χ1v) is 9.97. The van der Waals surface area contributed by atoms with E-state index >= 15 is 0 Å². The van der Waals surface area contributed by atoms with Crippen LogP contribution in [0.25, 0.3) is 0 Å². The number of carbonyl (C=O) groups excluding carboxylic acids is 1. The summed E-state index contributed by atoms with van der Waals surface area (Å²) < 4.78 is 10.8. The lowest BCUT2D eigenvalue weighted by molar-refractivity contribution is 0.0985. The minimum absolute atomic E-state index is 0.0708. The molecule has 1 amide bonds. The average Bonchev–Trinajstić information content (AvgIpc) is 2.78. The Hall–Kier alpha value is -3.47. The number of hydrogen-bond acceptors (Lipinski definition) is 4. The van der Waals surface area contributed by atoms with E-state index < -0.39 is 0 Å². The molecular weight excluding hydrogens is 376 g/mol. The zero-order valence-electron chi connectivity index (χ0n) is 18.0. The monoisotopic (exact) mass is 404 g/mol. The van der Waals surface area contributed by atoms with E-state index in [1.165, 1.54) is 0 Å². The second-order valence-electron chi connectivity index (χ2n) is 7.11. The van der Waals surface area contributed by atoms with Crippen LogP contribution in [-0.4, -0.2) is 33.7 Å². The van der Waals surface area contributed by atoms with E-state index in [0.717, 1.165) is 28.4 Å². The summed E-state index contributed by atoms with van der Waals surface area (Å²) in [6, 6.07) is 23.0. The lowest BCUT2D eigenvalue weighted by Crippen LogP contribution is -2.30. The molecule has 0 unspecified atom stereocenters. The predicted molar refractivity (Wildman–Crippen MR) is 122 cm³/mol. The van der Waals surface area contributed by atoms with Gasteiger partial charge in [-0.1, -0.05) is 12.1 Å². The minimum atomic E-state index is -0.0708. The van der Waals surface area contributed by atoms with E-state index in [-0.39, 0.29) is 5.91 Å². The molecule has 0 atom stereocenters. The number of carbonyl (C=O) groups is 1. The third-order valence-electron chi connectivity index (χ3n) is 4.83. The highest BCUT2D eigenvalue weighted by molar-refractivity contribution is 6.06. The van der Waals surface area contributed by atoms with Crippen LogP contribution in [0, 0.1) is 0 Å². The van der Waals surface area contributed by atoms with Crippen LogP contribution < -0.4 is 19.3 Å². The predicted octanol–water partition coefficient (Wildman–Crippen LogP) is 5.01. The van der Waals surface area contributed by atoms with Gasteiger partial charge in [-0.15, -0.1) is 0 Å². The van der Waals surface area contributed by atoms with Gasteiger partial charge in [0, 0.05) is 31.0 Å². The molecule has 3 aromatic rings. The van der Waals surface area contributed by atoms with E-state index in [9.17, 15) is 4.79 Å². The number of ether oxygens (including phenoxy) is 2. The van der Waals surface area contributed by atoms with Crippen molar-refractivity contribution in [2.45, 2.75) is 13.5 Å². The van der Waals surface area contributed by atoms with Gasteiger partial charge in [-0.2, -0.15) is 0 Å². The van der Waals surface area contributed by atoms with Crippen molar-refractivity contribution in [1.29, 1.82) is 0 Å². The second kappa shape index (κ2) is 9.83. The molecule has 0 heterocycles. The van der Waals surface area contributed by atoms with E-state index in [1.807, 2.05) is 45.3 Å². The summed E-state index contributed by atoms with van der Waals surface area (Å²) in [6.45, 7) is 3.02. The molecule has 0 N–H and O–H groups in total. The Morgan fingerprint density at radius 1 is 0.800 bits per heavy atom. The molecule has 0 aliphatic rings. The fourth-order valence-electron chi connectivity index (χ4n) is 3.14. The Morgan fingerprint density at radius 2 is 1.37 bits per heavy atom. The molecule has 0 spiro atoms. The van der Waals surface area contributed by atoms with Crippen LogP contribution in [-0.2, 0) is 6.54 Å². The fraction of sp³-hybridized carbons (Fsp3) is 0.240. The second-order valence-corrected chi connectivity index (χ2v) is 7.11. The zero-order valence-corrected chi connectivity index (χ0v) is 18.0. The highest BCUT2D eigenvalue weighted by Crippen LogP contribution is 2.25. The molecule has 0 radical (unpaired) electrons. The molecule has 0 saturated heterocycles. The molecule has 0 saturated carbocycles. The van der Waals surface area contributed by atoms with E-state index in [0.29, 0.717) is 18.7 Å². The molecule has 0 aliphatic heterocycles. The summed E-state index contributed by atoms with van der Waals surface area (Å²) >= 11 is 0. The maximum absolute atomic E-state index is 13.4. The number of hydrogen-bond donors (Lipinski definition) is 0. The van der Waals surface area contributed by atoms with Gasteiger partial charge < -0.3 is 19.3 Å². The van der Waals surface area contributed by atoms with Gasteiger partial charge in [0.05, 0.1) is 20.3 Å². The smallest absolute Gasteiger partial charge is 0.258 e. The molecule has 0 aliphatic carbocycles. The Morgan fingerprint density at radius 3 is 1.90 bits per heavy atom. The zero-order chi connectivity index (χ0) is 21.5. The number of benzene rings is 3. The number of anilines is 2. The Bertz CT molecular complexity index is 949. The van der Waals surface area contributed by atoms with Gasteiger partial charge in [-0.25, -0.2) is 0 Å². The summed E-state index contributed by atoms with van der Waals surface area (Å²) in [6.07, 6.45) is 0. The molecule has 5 nitrogen and oxygen atoms in total. The summed E-state index contributed by atoms with van der Waals surface area (Å²) in [4.78, 5) is 17.2. The van der Waals surface area contributed by atoms with Gasteiger partial charge >= 0.3 is 0 Å². The minimum Gasteiger partial charge on any atom is -0.497 e. The first kappa shape index (κ1) is 21.2. The van der Waals surface area contributed by atoms with Gasteiger partial charge in [0.2, 0.25) is 0 Å². The topological polar surface area (TPSA) is 42.0 Å². The molecule has 156 valence electrons. The van der Waals surface area contributed by atoms with E-state index in [4.69, 9.17) is 9.47 Å². The quantitative estimate of drug-likeness (QED) is 0.529. The van der Waals surface area contributed by atoms with Crippen molar-refractivity contribution in [2.24, 2.45) is 0 Å². The van der Waals surface area contributed by atoms with Crippen LogP contribution in [0.2, 0.25) is 0 Å². The largest absolute Gasteiger partial charge is 0.497 e. The van der Waals surface area contributed by atoms with Gasteiger partial charge in [-0.05, 0) is 73.2 Å². The van der Waals surface area contributed by atoms with Crippen molar-refractivity contribution in [3.8, 4) is 11.5 Å². The molecule has 30 heavy (non-hydrogen) atoms. The molecule has 3 aromatic carbocycles. The normalized spacial score (nSPS) is 10.4. The van der Waals surface area contributed by atoms with Crippen molar-refractivity contribution in [3.63, 3.8) is 0 Å².